The van der Waals surface area contributed by atoms with Gasteiger partial charge in [0.25, 0.3) is 0 Å². The molecule has 3 nitrogen and oxygen atoms in total. The number of aryl methyl sites for hydroxylation is 1. The summed E-state index contributed by atoms with van der Waals surface area (Å²) in [6.45, 7) is 2.07. The fourth-order valence-electron chi connectivity index (χ4n) is 1.70. The van der Waals surface area contributed by atoms with Crippen molar-refractivity contribution in [2.24, 2.45) is 0 Å². The van der Waals surface area contributed by atoms with Gasteiger partial charge in [-0.25, -0.2) is 9.37 Å². The van der Waals surface area contributed by atoms with Crippen molar-refractivity contribution in [2.45, 2.75) is 19.8 Å². The first-order valence-corrected chi connectivity index (χ1v) is 6.36. The lowest BCUT2D eigenvalue weighted by molar-refractivity contribution is 0.429. The molecule has 0 unspecified atom stereocenters. The van der Waals surface area contributed by atoms with Gasteiger partial charge < -0.3 is 10.5 Å². The van der Waals surface area contributed by atoms with Crippen LogP contribution in [0.3, 0.4) is 0 Å². The predicted molar refractivity (Wildman–Crippen MR) is 74.1 cm³/mol. The fourth-order valence-corrected chi connectivity index (χ4v) is 1.90. The Balaban J connectivity index is 2.29. The molecule has 19 heavy (non-hydrogen) atoms. The van der Waals surface area contributed by atoms with Crippen molar-refractivity contribution in [2.75, 3.05) is 5.73 Å². The number of anilines is 1. The fraction of sp³-hybridized carbons (Fsp3) is 0.214. The molecule has 0 aliphatic rings. The Bertz CT molecular complexity index is 569. The average Bonchev–Trinajstić information content (AvgIpc) is 2.37. The summed E-state index contributed by atoms with van der Waals surface area (Å²) in [4.78, 5) is 4.10. The third kappa shape index (κ3) is 3.15. The van der Waals surface area contributed by atoms with E-state index in [-0.39, 0.29) is 16.7 Å². The lowest BCUT2D eigenvalue weighted by Gasteiger charge is -2.10. The van der Waals surface area contributed by atoms with Gasteiger partial charge in [0.15, 0.2) is 11.6 Å². The maximum atomic E-state index is 13.6. The summed E-state index contributed by atoms with van der Waals surface area (Å²) in [6, 6.07) is 6.09. The zero-order valence-electron chi connectivity index (χ0n) is 10.5. The van der Waals surface area contributed by atoms with Crippen LogP contribution in [0.25, 0.3) is 0 Å². The van der Waals surface area contributed by atoms with E-state index in [9.17, 15) is 4.39 Å². The Morgan fingerprint density at radius 2 is 2.21 bits per heavy atom. The molecule has 0 spiro atoms. The van der Waals surface area contributed by atoms with Crippen LogP contribution >= 0.6 is 11.6 Å². The first-order valence-electron chi connectivity index (χ1n) is 5.98. The molecule has 0 fully saturated rings. The van der Waals surface area contributed by atoms with Crippen LogP contribution in [0.4, 0.5) is 10.1 Å². The maximum Gasteiger partial charge on any atom is 0.242 e. The van der Waals surface area contributed by atoms with E-state index in [1.54, 1.807) is 18.3 Å². The predicted octanol–water partition coefficient (Wildman–Crippen LogP) is 4.20. The van der Waals surface area contributed by atoms with Gasteiger partial charge in [-0.3, -0.25) is 0 Å². The third-order valence-corrected chi connectivity index (χ3v) is 2.89. The number of hydrogen-bond donors (Lipinski definition) is 1. The van der Waals surface area contributed by atoms with Gasteiger partial charge in [-0.15, -0.1) is 0 Å². The van der Waals surface area contributed by atoms with E-state index in [2.05, 4.69) is 11.9 Å². The highest BCUT2D eigenvalue weighted by Crippen LogP contribution is 2.33. The van der Waals surface area contributed by atoms with E-state index in [1.807, 2.05) is 0 Å². The van der Waals surface area contributed by atoms with Gasteiger partial charge in [0, 0.05) is 6.20 Å². The summed E-state index contributed by atoms with van der Waals surface area (Å²) in [6.07, 6.45) is 3.56. The average molecular weight is 281 g/mol. The van der Waals surface area contributed by atoms with E-state index in [0.29, 0.717) is 5.69 Å². The Hall–Kier alpha value is -1.81. The zero-order valence-corrected chi connectivity index (χ0v) is 11.2. The second-order valence-corrected chi connectivity index (χ2v) is 4.55. The molecular formula is C14H14ClFN2O. The summed E-state index contributed by atoms with van der Waals surface area (Å²) in [7, 11) is 0. The molecule has 0 radical (unpaired) electrons. The van der Waals surface area contributed by atoms with Crippen LogP contribution in [-0.2, 0) is 6.42 Å². The molecule has 2 N–H and O–H groups in total. The van der Waals surface area contributed by atoms with Gasteiger partial charge in [0.1, 0.15) is 0 Å². The number of nitrogens with two attached hydrogens (primary N) is 1. The highest BCUT2D eigenvalue weighted by atomic mass is 35.5. The number of para-hydroxylation sites is 1. The minimum atomic E-state index is -0.550. The molecular weight excluding hydrogens is 267 g/mol. The summed E-state index contributed by atoms with van der Waals surface area (Å²) in [5.41, 5.74) is 7.23. The number of hydrogen-bond acceptors (Lipinski definition) is 3. The number of pyridine rings is 1. The molecule has 0 atom stereocenters. The van der Waals surface area contributed by atoms with Gasteiger partial charge in [-0.1, -0.05) is 31.0 Å². The van der Waals surface area contributed by atoms with Crippen molar-refractivity contribution in [1.29, 1.82) is 0 Å². The van der Waals surface area contributed by atoms with E-state index < -0.39 is 5.82 Å². The molecule has 0 aliphatic carbocycles. The summed E-state index contributed by atoms with van der Waals surface area (Å²) in [5, 5.41) is 0.179. The van der Waals surface area contributed by atoms with Crippen molar-refractivity contribution >= 4 is 17.3 Å². The monoisotopic (exact) mass is 280 g/mol. The van der Waals surface area contributed by atoms with Crippen LogP contribution in [-0.4, -0.2) is 4.98 Å². The molecule has 0 saturated carbocycles. The van der Waals surface area contributed by atoms with E-state index in [4.69, 9.17) is 22.1 Å². The van der Waals surface area contributed by atoms with Crippen LogP contribution in [0.1, 0.15) is 18.9 Å². The molecule has 1 aromatic carbocycles. The Labute approximate surface area is 116 Å². The quantitative estimate of drug-likeness (QED) is 0.913. The molecule has 5 heteroatoms. The highest BCUT2D eigenvalue weighted by Gasteiger charge is 2.12. The largest absolute Gasteiger partial charge is 0.432 e. The Morgan fingerprint density at radius 1 is 1.42 bits per heavy atom. The molecule has 2 aromatic rings. The topological polar surface area (TPSA) is 48.1 Å². The van der Waals surface area contributed by atoms with Crippen molar-refractivity contribution in [3.63, 3.8) is 0 Å². The number of halogens is 2. The smallest absolute Gasteiger partial charge is 0.242 e. The van der Waals surface area contributed by atoms with Gasteiger partial charge >= 0.3 is 0 Å². The molecule has 100 valence electrons. The summed E-state index contributed by atoms with van der Waals surface area (Å²) < 4.78 is 19.0. The van der Waals surface area contributed by atoms with Crippen molar-refractivity contribution < 1.29 is 9.13 Å². The number of benzene rings is 1. The Kier molecular flexibility index (Phi) is 4.22. The minimum absolute atomic E-state index is 0.0633. The molecule has 0 bridgehead atoms. The number of rotatable bonds is 4. The van der Waals surface area contributed by atoms with E-state index >= 15 is 0 Å². The van der Waals surface area contributed by atoms with E-state index in [0.717, 1.165) is 18.4 Å². The lowest BCUT2D eigenvalue weighted by atomic mass is 10.1. The van der Waals surface area contributed by atoms with Gasteiger partial charge in [0.05, 0.1) is 10.7 Å². The lowest BCUT2D eigenvalue weighted by Crippen LogP contribution is -1.98. The number of nitrogens with zero attached hydrogens (tertiary/aromatic N) is 1. The zero-order chi connectivity index (χ0) is 13.8. The second kappa shape index (κ2) is 5.89. The minimum Gasteiger partial charge on any atom is -0.432 e. The normalized spacial score (nSPS) is 10.5. The highest BCUT2D eigenvalue weighted by molar-refractivity contribution is 6.32. The number of aromatic nitrogens is 1. The first kappa shape index (κ1) is 13.6. The molecule has 1 aromatic heterocycles. The number of nitrogen functional groups attached to an aromatic ring is 1. The molecule has 2 rings (SSSR count). The summed E-state index contributed by atoms with van der Waals surface area (Å²) in [5.74, 6) is -0.454. The maximum absolute atomic E-state index is 13.6. The Morgan fingerprint density at radius 3 is 2.84 bits per heavy atom. The van der Waals surface area contributed by atoms with Crippen molar-refractivity contribution in [3.05, 3.63) is 46.9 Å². The SMILES string of the molecule is CCCc1cnc(Oc2c(F)cccc2Cl)c(N)c1. The molecule has 0 amide bonds. The molecule has 1 heterocycles. The van der Waals surface area contributed by atoms with Crippen molar-refractivity contribution in [1.82, 2.24) is 4.98 Å². The van der Waals surface area contributed by atoms with Gasteiger partial charge in [-0.05, 0) is 30.2 Å². The first-order chi connectivity index (χ1) is 9.11. The second-order valence-electron chi connectivity index (χ2n) is 4.14. The molecule has 0 aliphatic heterocycles. The van der Waals surface area contributed by atoms with Crippen molar-refractivity contribution in [3.8, 4) is 11.6 Å². The number of ether oxygens (including phenoxy) is 1. The van der Waals surface area contributed by atoms with Crippen LogP contribution in [0.2, 0.25) is 5.02 Å². The van der Waals surface area contributed by atoms with E-state index in [1.165, 1.54) is 12.1 Å². The van der Waals surface area contributed by atoms with Crippen LogP contribution in [0.5, 0.6) is 11.6 Å². The van der Waals surface area contributed by atoms with Gasteiger partial charge in [0.2, 0.25) is 5.88 Å². The van der Waals surface area contributed by atoms with Crippen LogP contribution in [0, 0.1) is 5.82 Å². The van der Waals surface area contributed by atoms with Crippen LogP contribution < -0.4 is 10.5 Å². The third-order valence-electron chi connectivity index (χ3n) is 2.59. The standard InChI is InChI=1S/C14H14ClFN2O/c1-2-4-9-7-12(17)14(18-8-9)19-13-10(15)5-3-6-11(13)16/h3,5-8H,2,4,17H2,1H3. The summed E-state index contributed by atoms with van der Waals surface area (Å²) >= 11 is 5.88. The van der Waals surface area contributed by atoms with Gasteiger partial charge in [-0.2, -0.15) is 0 Å². The van der Waals surface area contributed by atoms with Crippen LogP contribution in [0.15, 0.2) is 30.5 Å². The molecule has 0 saturated heterocycles.